The second kappa shape index (κ2) is 6.48. The van der Waals surface area contributed by atoms with Gasteiger partial charge in [-0.05, 0) is 48.6 Å². The quantitative estimate of drug-likeness (QED) is 0.830. The van der Waals surface area contributed by atoms with Gasteiger partial charge in [-0.2, -0.15) is 9.64 Å². The third-order valence-corrected chi connectivity index (χ3v) is 5.77. The van der Waals surface area contributed by atoms with Crippen LogP contribution in [-0.2, 0) is 4.79 Å². The van der Waals surface area contributed by atoms with E-state index in [0.29, 0.717) is 23.5 Å². The molecule has 118 valence electrons. The zero-order valence-electron chi connectivity index (χ0n) is 12.1. The Hall–Kier alpha value is -1.62. The van der Waals surface area contributed by atoms with E-state index >= 15 is 0 Å². The smallest absolute Gasteiger partial charge is 0.249 e. The molecule has 1 N–H and O–H groups in total. The zero-order chi connectivity index (χ0) is 16.6. The summed E-state index contributed by atoms with van der Waals surface area (Å²) in [5, 5.41) is 12.9. The van der Waals surface area contributed by atoms with Crippen LogP contribution in [-0.4, -0.2) is 22.9 Å². The molecule has 2 aromatic rings. The van der Waals surface area contributed by atoms with Crippen molar-refractivity contribution in [1.29, 1.82) is 5.26 Å². The Kier molecular flexibility index (Phi) is 4.57. The van der Waals surface area contributed by atoms with Crippen molar-refractivity contribution >= 4 is 55.7 Å². The molecule has 1 aliphatic rings. The van der Waals surface area contributed by atoms with E-state index in [-0.39, 0.29) is 17.1 Å². The summed E-state index contributed by atoms with van der Waals surface area (Å²) < 4.78 is 4.96. The lowest BCUT2D eigenvalue weighted by atomic mass is 10.2. The normalized spacial score (nSPS) is 17.4. The molecule has 23 heavy (non-hydrogen) atoms. The summed E-state index contributed by atoms with van der Waals surface area (Å²) in [6, 6.07) is 7.48. The summed E-state index contributed by atoms with van der Waals surface area (Å²) in [7, 11) is 0. The molecule has 8 heteroatoms. The monoisotopic (exact) mass is 410 g/mol. The molecule has 1 unspecified atom stereocenters. The standard InChI is InChI=1S/C15H12BrClN4OS/c1-8-6-9(2-3-11(8)16)21-5-4-12(15(21)22)19-14-10(7-18)13(17)20-23-14/h2-3,6,12,19H,4-5H2,1H3. The van der Waals surface area contributed by atoms with Crippen molar-refractivity contribution in [2.45, 2.75) is 19.4 Å². The van der Waals surface area contributed by atoms with Gasteiger partial charge in [-0.15, -0.1) is 0 Å². The van der Waals surface area contributed by atoms with Crippen LogP contribution in [0.15, 0.2) is 22.7 Å². The number of nitriles is 1. The predicted molar refractivity (Wildman–Crippen MR) is 95.1 cm³/mol. The molecule has 3 rings (SSSR count). The number of nitrogens with one attached hydrogen (secondary N) is 1. The third kappa shape index (κ3) is 3.07. The molecule has 1 atom stereocenters. The van der Waals surface area contributed by atoms with E-state index in [1.807, 2.05) is 31.2 Å². The molecule has 1 saturated heterocycles. The minimum absolute atomic E-state index is 0.0138. The first-order chi connectivity index (χ1) is 11.0. The highest BCUT2D eigenvalue weighted by atomic mass is 79.9. The van der Waals surface area contributed by atoms with Gasteiger partial charge in [0.25, 0.3) is 0 Å². The van der Waals surface area contributed by atoms with Crippen molar-refractivity contribution in [2.75, 3.05) is 16.8 Å². The lowest BCUT2D eigenvalue weighted by Gasteiger charge is -2.18. The van der Waals surface area contributed by atoms with E-state index in [1.54, 1.807) is 4.90 Å². The second-order valence-electron chi connectivity index (χ2n) is 5.20. The zero-order valence-corrected chi connectivity index (χ0v) is 15.3. The van der Waals surface area contributed by atoms with Gasteiger partial charge in [0, 0.05) is 16.7 Å². The summed E-state index contributed by atoms with van der Waals surface area (Å²) in [6.45, 7) is 2.62. The van der Waals surface area contributed by atoms with Crippen LogP contribution in [0.3, 0.4) is 0 Å². The van der Waals surface area contributed by atoms with Gasteiger partial charge in [0.2, 0.25) is 5.91 Å². The van der Waals surface area contributed by atoms with E-state index in [2.05, 4.69) is 25.6 Å². The Balaban J connectivity index is 1.79. The summed E-state index contributed by atoms with van der Waals surface area (Å²) in [6.07, 6.45) is 0.661. The average molecular weight is 412 g/mol. The molecule has 0 bridgehead atoms. The van der Waals surface area contributed by atoms with Crippen LogP contribution in [0.4, 0.5) is 10.7 Å². The van der Waals surface area contributed by atoms with Gasteiger partial charge in [-0.25, -0.2) is 0 Å². The fraction of sp³-hybridized carbons (Fsp3) is 0.267. The number of rotatable bonds is 3. The average Bonchev–Trinajstić information content (AvgIpc) is 3.06. The van der Waals surface area contributed by atoms with Crippen LogP contribution in [0.2, 0.25) is 5.15 Å². The molecular weight excluding hydrogens is 400 g/mol. The first kappa shape index (κ1) is 16.2. The van der Waals surface area contributed by atoms with Crippen LogP contribution in [0.1, 0.15) is 17.5 Å². The fourth-order valence-corrected chi connectivity index (χ4v) is 3.73. The van der Waals surface area contributed by atoms with Crippen molar-refractivity contribution < 1.29 is 4.79 Å². The maximum atomic E-state index is 12.6. The summed E-state index contributed by atoms with van der Waals surface area (Å²) in [5.41, 5.74) is 2.25. The minimum Gasteiger partial charge on any atom is -0.363 e. The van der Waals surface area contributed by atoms with Gasteiger partial charge in [-0.3, -0.25) is 4.79 Å². The molecule has 0 aliphatic carbocycles. The molecule has 1 fully saturated rings. The molecule has 0 radical (unpaired) electrons. The minimum atomic E-state index is -0.373. The highest BCUT2D eigenvalue weighted by molar-refractivity contribution is 9.10. The Bertz CT molecular complexity index is 816. The van der Waals surface area contributed by atoms with E-state index in [4.69, 9.17) is 16.9 Å². The largest absolute Gasteiger partial charge is 0.363 e. The number of carbonyl (C=O) groups excluding carboxylic acids is 1. The third-order valence-electron chi connectivity index (χ3n) is 3.73. The molecular formula is C15H12BrClN4OS. The first-order valence-electron chi connectivity index (χ1n) is 6.90. The molecule has 1 aromatic carbocycles. The van der Waals surface area contributed by atoms with Crippen LogP contribution >= 0.6 is 39.1 Å². The van der Waals surface area contributed by atoms with E-state index in [1.165, 1.54) is 0 Å². The maximum Gasteiger partial charge on any atom is 0.249 e. The van der Waals surface area contributed by atoms with Crippen LogP contribution in [0.25, 0.3) is 0 Å². The van der Waals surface area contributed by atoms with Gasteiger partial charge >= 0.3 is 0 Å². The fourth-order valence-electron chi connectivity index (χ4n) is 2.49. The molecule has 5 nitrogen and oxygen atoms in total. The van der Waals surface area contributed by atoms with E-state index in [9.17, 15) is 4.79 Å². The summed E-state index contributed by atoms with van der Waals surface area (Å²) in [4.78, 5) is 14.4. The Labute approximate surface area is 151 Å². The van der Waals surface area contributed by atoms with Crippen LogP contribution in [0.5, 0.6) is 0 Å². The Morgan fingerprint density at radius 2 is 2.35 bits per heavy atom. The van der Waals surface area contributed by atoms with Crippen molar-refractivity contribution in [3.05, 3.63) is 39.0 Å². The molecule has 1 aromatic heterocycles. The lowest BCUT2D eigenvalue weighted by molar-refractivity contribution is -0.117. The lowest BCUT2D eigenvalue weighted by Crippen LogP contribution is -2.33. The number of amides is 1. The highest BCUT2D eigenvalue weighted by Crippen LogP contribution is 2.31. The van der Waals surface area contributed by atoms with Crippen LogP contribution in [0, 0.1) is 18.3 Å². The number of hydrogen-bond donors (Lipinski definition) is 1. The first-order valence-corrected chi connectivity index (χ1v) is 8.85. The SMILES string of the molecule is Cc1cc(N2CCC(Nc3snc(Cl)c3C#N)C2=O)ccc1Br. The number of halogens is 2. The Morgan fingerprint density at radius 3 is 3.04 bits per heavy atom. The van der Waals surface area contributed by atoms with E-state index < -0.39 is 0 Å². The Morgan fingerprint density at radius 1 is 1.57 bits per heavy atom. The molecule has 0 spiro atoms. The van der Waals surface area contributed by atoms with Crippen molar-refractivity contribution in [1.82, 2.24) is 4.37 Å². The predicted octanol–water partition coefficient (Wildman–Crippen LogP) is 3.96. The maximum absolute atomic E-state index is 12.6. The van der Waals surface area contributed by atoms with E-state index in [0.717, 1.165) is 27.3 Å². The number of hydrogen-bond acceptors (Lipinski definition) is 5. The van der Waals surface area contributed by atoms with Crippen molar-refractivity contribution in [3.63, 3.8) is 0 Å². The number of carbonyl (C=O) groups is 1. The molecule has 2 heterocycles. The summed E-state index contributed by atoms with van der Waals surface area (Å²) in [5.74, 6) is -0.0138. The topological polar surface area (TPSA) is 69.0 Å². The highest BCUT2D eigenvalue weighted by Gasteiger charge is 2.33. The van der Waals surface area contributed by atoms with Gasteiger partial charge in [0.15, 0.2) is 5.15 Å². The van der Waals surface area contributed by atoms with Crippen molar-refractivity contribution in [2.24, 2.45) is 0 Å². The van der Waals surface area contributed by atoms with Crippen LogP contribution < -0.4 is 10.2 Å². The number of anilines is 2. The van der Waals surface area contributed by atoms with Gasteiger partial charge < -0.3 is 10.2 Å². The molecule has 1 aliphatic heterocycles. The van der Waals surface area contributed by atoms with Crippen molar-refractivity contribution in [3.8, 4) is 6.07 Å². The number of benzene rings is 1. The number of nitrogens with zero attached hydrogens (tertiary/aromatic N) is 3. The van der Waals surface area contributed by atoms with Gasteiger partial charge in [0.05, 0.1) is 0 Å². The number of aromatic nitrogens is 1. The molecule has 0 saturated carbocycles. The van der Waals surface area contributed by atoms with Gasteiger partial charge in [0.1, 0.15) is 22.7 Å². The van der Waals surface area contributed by atoms with Gasteiger partial charge in [-0.1, -0.05) is 27.5 Å². The summed E-state index contributed by atoms with van der Waals surface area (Å²) >= 11 is 10.4. The molecule has 1 amide bonds. The number of aryl methyl sites for hydroxylation is 1. The second-order valence-corrected chi connectivity index (χ2v) is 7.18.